The first kappa shape index (κ1) is 14.8. The molecule has 0 spiro atoms. The minimum atomic E-state index is -1.03. The van der Waals surface area contributed by atoms with Crippen LogP contribution in [-0.2, 0) is 5.60 Å². The van der Waals surface area contributed by atoms with Crippen molar-refractivity contribution >= 4 is 17.1 Å². The topological polar surface area (TPSA) is 70.4 Å². The van der Waals surface area contributed by atoms with Crippen LogP contribution in [0.4, 0.5) is 0 Å². The summed E-state index contributed by atoms with van der Waals surface area (Å²) >= 11 is 0. The van der Waals surface area contributed by atoms with Crippen molar-refractivity contribution in [2.75, 3.05) is 6.54 Å². The van der Waals surface area contributed by atoms with Gasteiger partial charge in [-0.15, -0.1) is 0 Å². The van der Waals surface area contributed by atoms with Crippen molar-refractivity contribution in [3.05, 3.63) is 60.7 Å². The number of nitrogens with zero attached hydrogens (tertiary/aromatic N) is 3. The molecule has 2 atom stereocenters. The van der Waals surface area contributed by atoms with Crippen molar-refractivity contribution in [1.29, 1.82) is 0 Å². The van der Waals surface area contributed by atoms with E-state index in [0.29, 0.717) is 6.54 Å². The van der Waals surface area contributed by atoms with E-state index < -0.39 is 5.60 Å². The largest absolute Gasteiger partial charge is 0.383 e. The molecule has 2 N–H and O–H groups in total. The van der Waals surface area contributed by atoms with E-state index >= 15 is 0 Å². The number of aliphatic hydroxyl groups is 1. The summed E-state index contributed by atoms with van der Waals surface area (Å²) in [7, 11) is 0. The minimum Gasteiger partial charge on any atom is -0.383 e. The Hall–Kier alpha value is -2.79. The van der Waals surface area contributed by atoms with Crippen LogP contribution in [0.5, 0.6) is 0 Å². The molecule has 3 aromatic rings. The zero-order chi connectivity index (χ0) is 16.6. The Labute approximate surface area is 140 Å². The zero-order valence-electron chi connectivity index (χ0n) is 13.3. The molecule has 0 amide bonds. The molecule has 2 unspecified atom stereocenters. The van der Waals surface area contributed by atoms with Gasteiger partial charge >= 0.3 is 0 Å². The molecule has 120 valence electrons. The second-order valence-electron chi connectivity index (χ2n) is 6.23. The molecule has 0 bridgehead atoms. The number of fused-ring (bicyclic) bond motifs is 1. The maximum atomic E-state index is 11.2. The molecule has 1 aromatic heterocycles. The van der Waals surface area contributed by atoms with Crippen molar-refractivity contribution in [3.8, 4) is 11.1 Å². The molecule has 1 aliphatic heterocycles. The van der Waals surface area contributed by atoms with E-state index in [4.69, 9.17) is 0 Å². The third-order valence-corrected chi connectivity index (χ3v) is 4.65. The Kier molecular flexibility index (Phi) is 3.50. The smallest absolute Gasteiger partial charge is 0.115 e. The van der Waals surface area contributed by atoms with Gasteiger partial charge in [-0.05, 0) is 34.9 Å². The van der Waals surface area contributed by atoms with E-state index in [2.05, 4.69) is 44.5 Å². The third-order valence-electron chi connectivity index (χ3n) is 4.65. The minimum absolute atomic E-state index is 0.133. The van der Waals surface area contributed by atoms with Gasteiger partial charge in [-0.1, -0.05) is 30.3 Å². The summed E-state index contributed by atoms with van der Waals surface area (Å²) in [6.07, 6.45) is 6.77. The SMILES string of the molecule is CC(O)(c1cccc2ccc(-c3cncnc3)cc12)C1CN=CN1. The van der Waals surface area contributed by atoms with Crippen LogP contribution in [0, 0.1) is 0 Å². The lowest BCUT2D eigenvalue weighted by atomic mass is 9.84. The Bertz CT molecular complexity index is 898. The number of rotatable bonds is 3. The predicted molar refractivity (Wildman–Crippen MR) is 94.8 cm³/mol. The first-order valence-electron chi connectivity index (χ1n) is 7.91. The van der Waals surface area contributed by atoms with Gasteiger partial charge in [0.25, 0.3) is 0 Å². The van der Waals surface area contributed by atoms with Crippen LogP contribution < -0.4 is 5.32 Å². The van der Waals surface area contributed by atoms with Crippen molar-refractivity contribution in [2.24, 2.45) is 4.99 Å². The Morgan fingerprint density at radius 3 is 2.71 bits per heavy atom. The molecule has 5 nitrogen and oxygen atoms in total. The summed E-state index contributed by atoms with van der Waals surface area (Å²) in [6.45, 7) is 2.40. The van der Waals surface area contributed by atoms with Crippen LogP contribution >= 0.6 is 0 Å². The van der Waals surface area contributed by atoms with Crippen molar-refractivity contribution < 1.29 is 5.11 Å². The third kappa shape index (κ3) is 2.43. The molecule has 2 heterocycles. The number of aliphatic imine (C=N–C) groups is 1. The van der Waals surface area contributed by atoms with E-state index in [9.17, 15) is 5.11 Å². The van der Waals surface area contributed by atoms with Gasteiger partial charge in [0, 0.05) is 18.0 Å². The van der Waals surface area contributed by atoms with E-state index in [1.807, 2.05) is 19.1 Å². The molecular formula is C19H18N4O. The lowest BCUT2D eigenvalue weighted by molar-refractivity contribution is 0.0295. The van der Waals surface area contributed by atoms with Crippen LogP contribution in [0.25, 0.3) is 21.9 Å². The van der Waals surface area contributed by atoms with Gasteiger partial charge in [0.05, 0.1) is 18.9 Å². The Balaban J connectivity index is 1.86. The molecule has 0 radical (unpaired) electrons. The second kappa shape index (κ2) is 5.69. The Morgan fingerprint density at radius 2 is 1.96 bits per heavy atom. The second-order valence-corrected chi connectivity index (χ2v) is 6.23. The molecule has 0 saturated carbocycles. The van der Waals surface area contributed by atoms with Gasteiger partial charge < -0.3 is 10.4 Å². The molecule has 0 fully saturated rings. The van der Waals surface area contributed by atoms with E-state index in [1.54, 1.807) is 18.7 Å². The normalized spacial score (nSPS) is 19.2. The molecule has 1 aliphatic rings. The van der Waals surface area contributed by atoms with Crippen molar-refractivity contribution in [1.82, 2.24) is 15.3 Å². The molecule has 5 heteroatoms. The highest BCUT2D eigenvalue weighted by Gasteiger charge is 2.35. The van der Waals surface area contributed by atoms with Gasteiger partial charge in [-0.25, -0.2) is 9.97 Å². The number of hydrogen-bond donors (Lipinski definition) is 2. The van der Waals surface area contributed by atoms with Gasteiger partial charge in [0.2, 0.25) is 0 Å². The standard InChI is InChI=1S/C19H18N4O/c1-19(24,18-10-22-12-23-18)17-4-2-3-13-5-6-14(7-16(13)17)15-8-20-11-21-9-15/h2-9,11-12,18,24H,10H2,1H3,(H,22,23). The maximum Gasteiger partial charge on any atom is 0.115 e. The quantitative estimate of drug-likeness (QED) is 0.778. The highest BCUT2D eigenvalue weighted by Crippen LogP contribution is 2.34. The predicted octanol–water partition coefficient (Wildman–Crippen LogP) is 2.50. The summed E-state index contributed by atoms with van der Waals surface area (Å²) in [5.41, 5.74) is 1.85. The number of nitrogens with one attached hydrogen (secondary N) is 1. The van der Waals surface area contributed by atoms with Gasteiger partial charge in [-0.3, -0.25) is 4.99 Å². The summed E-state index contributed by atoms with van der Waals surface area (Å²) in [5, 5.41) is 16.4. The van der Waals surface area contributed by atoms with Gasteiger partial charge in [0.1, 0.15) is 11.9 Å². The van der Waals surface area contributed by atoms with E-state index in [-0.39, 0.29) is 6.04 Å². The molecular weight excluding hydrogens is 300 g/mol. The molecule has 4 rings (SSSR count). The number of hydrogen-bond acceptors (Lipinski definition) is 5. The summed E-state index contributed by atoms with van der Waals surface area (Å²) < 4.78 is 0. The first-order valence-corrected chi connectivity index (χ1v) is 7.91. The van der Waals surface area contributed by atoms with Crippen LogP contribution in [0.2, 0.25) is 0 Å². The van der Waals surface area contributed by atoms with Crippen molar-refractivity contribution in [2.45, 2.75) is 18.6 Å². The fourth-order valence-corrected chi connectivity index (χ4v) is 3.22. The monoisotopic (exact) mass is 318 g/mol. The lowest BCUT2D eigenvalue weighted by Gasteiger charge is -2.31. The molecule has 0 saturated heterocycles. The van der Waals surface area contributed by atoms with E-state index in [1.165, 1.54) is 6.33 Å². The van der Waals surface area contributed by atoms with E-state index in [0.717, 1.165) is 27.5 Å². The zero-order valence-corrected chi connectivity index (χ0v) is 13.3. The maximum absolute atomic E-state index is 11.2. The molecule has 24 heavy (non-hydrogen) atoms. The lowest BCUT2D eigenvalue weighted by Crippen LogP contribution is -2.45. The van der Waals surface area contributed by atoms with Crippen molar-refractivity contribution in [3.63, 3.8) is 0 Å². The average Bonchev–Trinajstić information content (AvgIpc) is 3.17. The van der Waals surface area contributed by atoms with Crippen LogP contribution in [0.1, 0.15) is 12.5 Å². The number of benzene rings is 2. The van der Waals surface area contributed by atoms with Crippen LogP contribution in [0.15, 0.2) is 60.1 Å². The number of aromatic nitrogens is 2. The van der Waals surface area contributed by atoms with Gasteiger partial charge in [-0.2, -0.15) is 0 Å². The summed E-state index contributed by atoms with van der Waals surface area (Å²) in [6, 6.07) is 12.1. The van der Waals surface area contributed by atoms with Crippen LogP contribution in [-0.4, -0.2) is 34.0 Å². The first-order chi connectivity index (χ1) is 11.7. The Morgan fingerprint density at radius 1 is 1.12 bits per heavy atom. The average molecular weight is 318 g/mol. The molecule has 0 aliphatic carbocycles. The molecule has 2 aromatic carbocycles. The highest BCUT2D eigenvalue weighted by molar-refractivity contribution is 5.90. The fourth-order valence-electron chi connectivity index (χ4n) is 3.22. The highest BCUT2D eigenvalue weighted by atomic mass is 16.3. The summed E-state index contributed by atoms with van der Waals surface area (Å²) in [5.74, 6) is 0. The fraction of sp³-hybridized carbons (Fsp3) is 0.211. The summed E-state index contributed by atoms with van der Waals surface area (Å²) in [4.78, 5) is 12.4. The van der Waals surface area contributed by atoms with Crippen LogP contribution in [0.3, 0.4) is 0 Å². The van der Waals surface area contributed by atoms with Gasteiger partial charge in [0.15, 0.2) is 0 Å².